The molecule has 0 aromatic carbocycles. The van der Waals surface area contributed by atoms with Crippen LogP contribution in [0.25, 0.3) is 0 Å². The molecule has 2 nitrogen and oxygen atoms in total. The molecule has 0 aliphatic heterocycles. The van der Waals surface area contributed by atoms with Crippen LogP contribution in [-0.2, 0) is 0 Å². The summed E-state index contributed by atoms with van der Waals surface area (Å²) in [4.78, 5) is 0. The second-order valence-electron chi connectivity index (χ2n) is 5.58. The fourth-order valence-corrected chi connectivity index (χ4v) is 4.48. The van der Waals surface area contributed by atoms with Crippen LogP contribution in [0.2, 0.25) is 0 Å². The molecule has 0 aromatic heterocycles. The summed E-state index contributed by atoms with van der Waals surface area (Å²) in [6.45, 7) is 0.469. The minimum Gasteiger partial charge on any atom is -0.400 e. The molecule has 0 saturated heterocycles. The monoisotopic (exact) mass is 198 g/mol. The number of hydrogen-bond acceptors (Lipinski definition) is 2. The molecule has 0 aromatic rings. The minimum absolute atomic E-state index is 0.398. The average molecular weight is 198 g/mol. The molecule has 0 amide bonds. The van der Waals surface area contributed by atoms with Gasteiger partial charge in [0.2, 0.25) is 0 Å². The van der Waals surface area contributed by atoms with Crippen LogP contribution in [0.5, 0.6) is 0 Å². The third kappa shape index (κ3) is 1.59. The maximum atomic E-state index is 9.43. The lowest BCUT2D eigenvalue weighted by Gasteiger charge is -2.56. The van der Waals surface area contributed by atoms with Crippen molar-refractivity contribution in [2.24, 2.45) is 23.2 Å². The van der Waals surface area contributed by atoms with Crippen molar-refractivity contribution in [3.05, 3.63) is 0 Å². The zero-order chi connectivity index (χ0) is 10.2. The molecule has 4 aliphatic carbocycles. The van der Waals surface area contributed by atoms with E-state index in [4.69, 9.17) is 5.11 Å². The van der Waals surface area contributed by atoms with Crippen LogP contribution >= 0.6 is 0 Å². The van der Waals surface area contributed by atoms with E-state index in [9.17, 15) is 5.11 Å². The lowest BCUT2D eigenvalue weighted by atomic mass is 9.50. The molecular weight excluding hydrogens is 176 g/mol. The van der Waals surface area contributed by atoms with Gasteiger partial charge in [0.25, 0.3) is 0 Å². The first-order chi connectivity index (χ1) is 6.80. The molecule has 0 radical (unpaired) electrons. The summed E-state index contributed by atoms with van der Waals surface area (Å²) in [5.74, 6) is 2.97. The van der Waals surface area contributed by atoms with E-state index in [1.54, 1.807) is 0 Å². The van der Waals surface area contributed by atoms with Crippen LogP contribution in [0.4, 0.5) is 0 Å². The summed E-state index contributed by atoms with van der Waals surface area (Å²) in [7, 11) is 1.00. The highest BCUT2D eigenvalue weighted by molar-refractivity contribution is 5.00. The predicted octanol–water partition coefficient (Wildman–Crippen LogP) is 1.80. The Kier molecular flexibility index (Phi) is 2.85. The largest absolute Gasteiger partial charge is 0.400 e. The van der Waals surface area contributed by atoms with Crippen molar-refractivity contribution in [2.75, 3.05) is 13.7 Å². The number of rotatable bonds is 1. The third-order valence-corrected chi connectivity index (χ3v) is 4.50. The summed E-state index contributed by atoms with van der Waals surface area (Å²) < 4.78 is 0. The molecule has 14 heavy (non-hydrogen) atoms. The smallest absolute Gasteiger partial charge is 0.0487 e. The van der Waals surface area contributed by atoms with Gasteiger partial charge in [-0.25, -0.2) is 0 Å². The van der Waals surface area contributed by atoms with Crippen LogP contribution in [0.15, 0.2) is 0 Å². The first-order valence-corrected chi connectivity index (χ1v) is 5.85. The Balaban J connectivity index is 0.000000354. The van der Waals surface area contributed by atoms with Gasteiger partial charge in [-0.1, -0.05) is 0 Å². The molecular formula is C12H22O2. The van der Waals surface area contributed by atoms with Crippen LogP contribution in [-0.4, -0.2) is 23.9 Å². The van der Waals surface area contributed by atoms with E-state index >= 15 is 0 Å². The highest BCUT2D eigenvalue weighted by Gasteiger charge is 2.50. The Hall–Kier alpha value is -0.0800. The molecule has 2 heteroatoms. The van der Waals surface area contributed by atoms with Gasteiger partial charge in [0.1, 0.15) is 0 Å². The Morgan fingerprint density at radius 3 is 1.57 bits per heavy atom. The average Bonchev–Trinajstić information content (AvgIpc) is 2.19. The Morgan fingerprint density at radius 2 is 1.29 bits per heavy atom. The van der Waals surface area contributed by atoms with E-state index in [1.165, 1.54) is 38.5 Å². The first kappa shape index (κ1) is 10.4. The van der Waals surface area contributed by atoms with E-state index in [0.717, 1.165) is 24.9 Å². The standard InChI is InChI=1S/C11H18O.CH4O/c12-7-11-4-8-1-9(5-11)3-10(2-8)6-11;1-2/h8-10,12H,1-7H2;2H,1H3. The van der Waals surface area contributed by atoms with Crippen molar-refractivity contribution in [2.45, 2.75) is 38.5 Å². The second kappa shape index (κ2) is 3.82. The van der Waals surface area contributed by atoms with Gasteiger partial charge in [-0.05, 0) is 61.7 Å². The summed E-state index contributed by atoms with van der Waals surface area (Å²) in [6.07, 6.45) is 8.48. The quantitative estimate of drug-likeness (QED) is 0.674. The summed E-state index contributed by atoms with van der Waals surface area (Å²) in [5.41, 5.74) is 0.398. The van der Waals surface area contributed by atoms with Gasteiger partial charge in [0, 0.05) is 13.7 Å². The fourth-order valence-electron chi connectivity index (χ4n) is 4.48. The van der Waals surface area contributed by atoms with Crippen LogP contribution < -0.4 is 0 Å². The molecule has 82 valence electrons. The van der Waals surface area contributed by atoms with E-state index in [2.05, 4.69) is 0 Å². The number of aliphatic hydroxyl groups is 2. The summed E-state index contributed by atoms with van der Waals surface area (Å²) in [5, 5.41) is 16.4. The van der Waals surface area contributed by atoms with Crippen LogP contribution in [0, 0.1) is 23.2 Å². The van der Waals surface area contributed by atoms with Crippen molar-refractivity contribution in [1.82, 2.24) is 0 Å². The Bertz CT molecular complexity index is 165. The zero-order valence-corrected chi connectivity index (χ0v) is 9.08. The van der Waals surface area contributed by atoms with E-state index in [-0.39, 0.29) is 0 Å². The maximum Gasteiger partial charge on any atom is 0.0487 e. The lowest BCUT2D eigenvalue weighted by molar-refractivity contribution is -0.0798. The van der Waals surface area contributed by atoms with Crippen molar-refractivity contribution >= 4 is 0 Å². The SMILES string of the molecule is CO.OCC12CC3CC(CC(C3)C1)C2. The van der Waals surface area contributed by atoms with Gasteiger partial charge in [0.15, 0.2) is 0 Å². The maximum absolute atomic E-state index is 9.43. The molecule has 4 bridgehead atoms. The minimum atomic E-state index is 0.398. The third-order valence-electron chi connectivity index (χ3n) is 4.50. The number of hydrogen-bond donors (Lipinski definition) is 2. The fraction of sp³-hybridized carbons (Fsp3) is 1.00. The summed E-state index contributed by atoms with van der Waals surface area (Å²) >= 11 is 0. The van der Waals surface area contributed by atoms with Crippen molar-refractivity contribution in [3.63, 3.8) is 0 Å². The van der Waals surface area contributed by atoms with Crippen molar-refractivity contribution in [3.8, 4) is 0 Å². The van der Waals surface area contributed by atoms with E-state index in [0.29, 0.717) is 12.0 Å². The summed E-state index contributed by atoms with van der Waals surface area (Å²) in [6, 6.07) is 0. The molecule has 2 N–H and O–H groups in total. The van der Waals surface area contributed by atoms with Gasteiger partial charge >= 0.3 is 0 Å². The predicted molar refractivity (Wildman–Crippen MR) is 55.8 cm³/mol. The van der Waals surface area contributed by atoms with Crippen LogP contribution in [0.1, 0.15) is 38.5 Å². The molecule has 0 heterocycles. The number of aliphatic hydroxyl groups excluding tert-OH is 2. The first-order valence-electron chi connectivity index (χ1n) is 5.85. The highest BCUT2D eigenvalue weighted by Crippen LogP contribution is 2.59. The Labute approximate surface area is 86.3 Å². The Morgan fingerprint density at radius 1 is 0.929 bits per heavy atom. The zero-order valence-electron chi connectivity index (χ0n) is 9.08. The van der Waals surface area contributed by atoms with Gasteiger partial charge in [-0.15, -0.1) is 0 Å². The molecule has 0 atom stereocenters. The second-order valence-corrected chi connectivity index (χ2v) is 5.58. The molecule has 0 unspecified atom stereocenters. The molecule has 4 aliphatic rings. The van der Waals surface area contributed by atoms with E-state index in [1.807, 2.05) is 0 Å². The lowest BCUT2D eigenvalue weighted by Crippen LogP contribution is -2.47. The molecule has 4 fully saturated rings. The van der Waals surface area contributed by atoms with Crippen molar-refractivity contribution in [1.29, 1.82) is 0 Å². The molecule has 4 rings (SSSR count). The van der Waals surface area contributed by atoms with Gasteiger partial charge < -0.3 is 10.2 Å². The van der Waals surface area contributed by atoms with E-state index < -0.39 is 0 Å². The van der Waals surface area contributed by atoms with Gasteiger partial charge in [0.05, 0.1) is 0 Å². The van der Waals surface area contributed by atoms with Crippen LogP contribution in [0.3, 0.4) is 0 Å². The highest BCUT2D eigenvalue weighted by atomic mass is 16.3. The molecule has 0 spiro atoms. The van der Waals surface area contributed by atoms with Gasteiger partial charge in [-0.2, -0.15) is 0 Å². The molecule has 4 saturated carbocycles. The normalized spacial score (nSPS) is 48.6. The van der Waals surface area contributed by atoms with Crippen molar-refractivity contribution < 1.29 is 10.2 Å². The topological polar surface area (TPSA) is 40.5 Å². The van der Waals surface area contributed by atoms with Gasteiger partial charge in [-0.3, -0.25) is 0 Å².